The van der Waals surface area contributed by atoms with Crippen LogP contribution in [0.3, 0.4) is 0 Å². The monoisotopic (exact) mass is 366 g/mol. The fourth-order valence-electron chi connectivity index (χ4n) is 2.82. The van der Waals surface area contributed by atoms with Crippen molar-refractivity contribution in [3.63, 3.8) is 0 Å². The Kier molecular flexibility index (Phi) is 6.51. The zero-order chi connectivity index (χ0) is 19.2. The summed E-state index contributed by atoms with van der Waals surface area (Å²) in [6.07, 6.45) is -0.971. The Hall–Kier alpha value is -2.68. The summed E-state index contributed by atoms with van der Waals surface area (Å²) in [4.78, 5) is 35.2. The lowest BCUT2D eigenvalue weighted by Gasteiger charge is -2.45. The van der Waals surface area contributed by atoms with E-state index in [4.69, 9.17) is 9.47 Å². The van der Waals surface area contributed by atoms with E-state index in [1.54, 1.807) is 19.1 Å². The molecule has 0 aliphatic carbocycles. The van der Waals surface area contributed by atoms with E-state index in [1.807, 2.05) is 18.2 Å². The molecule has 2 rings (SSSR count). The van der Waals surface area contributed by atoms with Crippen LogP contribution >= 0.6 is 0 Å². The number of hydrogen-bond acceptors (Lipinski definition) is 7. The highest BCUT2D eigenvalue weighted by molar-refractivity contribution is 5.70. The second kappa shape index (κ2) is 8.61. The maximum absolute atomic E-state index is 12.0. The number of rotatable bonds is 8. The van der Waals surface area contributed by atoms with Crippen molar-refractivity contribution in [2.45, 2.75) is 38.0 Å². The average molecular weight is 366 g/mol. The number of nitrogens with zero attached hydrogens (tertiary/aromatic N) is 2. The molecule has 0 aromatic heterocycles. The number of amides is 1. The first-order valence-electron chi connectivity index (χ1n) is 8.33. The van der Waals surface area contributed by atoms with Gasteiger partial charge in [0, 0.05) is 11.3 Å². The second-order valence-corrected chi connectivity index (χ2v) is 6.14. The van der Waals surface area contributed by atoms with Crippen LogP contribution in [0.4, 0.5) is 4.79 Å². The van der Waals surface area contributed by atoms with Gasteiger partial charge >= 0.3 is 12.1 Å². The molecule has 0 bridgehead atoms. The number of carbonyl (C=O) groups is 2. The maximum Gasteiger partial charge on any atom is 0.410 e. The van der Waals surface area contributed by atoms with Gasteiger partial charge in [0.2, 0.25) is 6.04 Å². The number of carbonyl (C=O) groups excluding carboxylic acids is 2. The van der Waals surface area contributed by atoms with Gasteiger partial charge in [-0.2, -0.15) is 0 Å². The third-order valence-corrected chi connectivity index (χ3v) is 4.19. The highest BCUT2D eigenvalue weighted by atomic mass is 16.6. The molecule has 26 heavy (non-hydrogen) atoms. The van der Waals surface area contributed by atoms with Crippen molar-refractivity contribution >= 4 is 12.1 Å². The van der Waals surface area contributed by atoms with E-state index >= 15 is 0 Å². The zero-order valence-corrected chi connectivity index (χ0v) is 14.5. The van der Waals surface area contributed by atoms with Crippen LogP contribution in [0, 0.1) is 10.1 Å². The van der Waals surface area contributed by atoms with Crippen LogP contribution < -0.4 is 0 Å². The van der Waals surface area contributed by atoms with Crippen molar-refractivity contribution in [1.29, 1.82) is 0 Å². The summed E-state index contributed by atoms with van der Waals surface area (Å²) in [5.74, 6) is -0.554. The second-order valence-electron chi connectivity index (χ2n) is 6.14. The number of β-amino-alcohol motifs (C(OH)–C–C–N with tert-alkyl or cyclic N) is 1. The van der Waals surface area contributed by atoms with E-state index in [0.29, 0.717) is 0 Å². The van der Waals surface area contributed by atoms with Gasteiger partial charge in [0.25, 0.3) is 0 Å². The molecule has 0 radical (unpaired) electrons. The number of aliphatic hydroxyl groups is 1. The predicted octanol–water partition coefficient (Wildman–Crippen LogP) is 1.36. The summed E-state index contributed by atoms with van der Waals surface area (Å²) in [5.41, 5.74) is -0.865. The summed E-state index contributed by atoms with van der Waals surface area (Å²) in [5, 5.41) is 21.7. The smallest absolute Gasteiger partial charge is 0.410 e. The third-order valence-electron chi connectivity index (χ3n) is 4.19. The van der Waals surface area contributed by atoms with Gasteiger partial charge in [-0.15, -0.1) is 0 Å². The van der Waals surface area contributed by atoms with Gasteiger partial charge in [-0.1, -0.05) is 30.3 Å². The summed E-state index contributed by atoms with van der Waals surface area (Å²) < 4.78 is 9.87. The third kappa shape index (κ3) is 4.92. The standard InChI is InChI=1S/C17H22N2O7/c1-2-25-15(20)9-8-14(19(23)24)17(22)11-18(12-17)16(21)26-10-13-6-4-3-5-7-13/h3-7,14,22H,2,8-12H2,1H3. The molecule has 0 saturated carbocycles. The van der Waals surface area contributed by atoms with Gasteiger partial charge in [0.1, 0.15) is 6.61 Å². The van der Waals surface area contributed by atoms with E-state index in [-0.39, 0.29) is 39.1 Å². The minimum absolute atomic E-state index is 0.0795. The van der Waals surface area contributed by atoms with E-state index in [1.165, 1.54) is 4.90 Å². The first-order chi connectivity index (χ1) is 12.4. The normalized spacial score (nSPS) is 16.3. The number of ether oxygens (including phenoxy) is 2. The quantitative estimate of drug-likeness (QED) is 0.419. The van der Waals surface area contributed by atoms with Crippen molar-refractivity contribution in [1.82, 2.24) is 4.90 Å². The molecule has 0 spiro atoms. The van der Waals surface area contributed by atoms with Crippen LogP contribution in [0.2, 0.25) is 0 Å². The molecule has 1 aromatic rings. The highest BCUT2D eigenvalue weighted by Crippen LogP contribution is 2.29. The van der Waals surface area contributed by atoms with Crippen LogP contribution in [0.5, 0.6) is 0 Å². The van der Waals surface area contributed by atoms with Crippen molar-refractivity contribution in [3.05, 3.63) is 46.0 Å². The molecule has 1 atom stereocenters. The first kappa shape index (κ1) is 19.6. The molecular weight excluding hydrogens is 344 g/mol. The molecule has 9 heteroatoms. The number of esters is 1. The minimum atomic E-state index is -1.68. The van der Waals surface area contributed by atoms with Gasteiger partial charge < -0.3 is 19.5 Å². The topological polar surface area (TPSA) is 119 Å². The fraction of sp³-hybridized carbons (Fsp3) is 0.529. The predicted molar refractivity (Wildman–Crippen MR) is 89.8 cm³/mol. The molecule has 1 fully saturated rings. The van der Waals surface area contributed by atoms with E-state index < -0.39 is 28.6 Å². The van der Waals surface area contributed by atoms with Gasteiger partial charge in [0.15, 0.2) is 5.60 Å². The number of hydrogen-bond donors (Lipinski definition) is 1. The molecule has 142 valence electrons. The maximum atomic E-state index is 12.0. The largest absolute Gasteiger partial charge is 0.466 e. The van der Waals surface area contributed by atoms with Crippen LogP contribution in [0.25, 0.3) is 0 Å². The lowest BCUT2D eigenvalue weighted by molar-refractivity contribution is -0.551. The average Bonchev–Trinajstić information content (AvgIpc) is 2.58. The van der Waals surface area contributed by atoms with Gasteiger partial charge in [-0.25, -0.2) is 4.79 Å². The van der Waals surface area contributed by atoms with Crippen molar-refractivity contribution in [3.8, 4) is 0 Å². The SMILES string of the molecule is CCOC(=O)CCC([N+](=O)[O-])C1(O)CN(C(=O)OCc2ccccc2)C1. The van der Waals surface area contributed by atoms with Crippen molar-refractivity contribution < 1.29 is 29.1 Å². The van der Waals surface area contributed by atoms with E-state index in [9.17, 15) is 24.8 Å². The Bertz CT molecular complexity index is 644. The van der Waals surface area contributed by atoms with E-state index in [0.717, 1.165) is 5.56 Å². The summed E-state index contributed by atoms with van der Waals surface area (Å²) in [7, 11) is 0. The molecule has 1 aromatic carbocycles. The van der Waals surface area contributed by atoms with Crippen LogP contribution in [0.1, 0.15) is 25.3 Å². The molecule has 1 unspecified atom stereocenters. The van der Waals surface area contributed by atoms with Crippen LogP contribution in [0.15, 0.2) is 30.3 Å². The van der Waals surface area contributed by atoms with Gasteiger partial charge in [-0.05, 0) is 12.5 Å². The fourth-order valence-corrected chi connectivity index (χ4v) is 2.82. The summed E-state index contributed by atoms with van der Waals surface area (Å²) in [6.45, 7) is 1.48. The summed E-state index contributed by atoms with van der Waals surface area (Å²) >= 11 is 0. The lowest BCUT2D eigenvalue weighted by atomic mass is 9.84. The molecule has 1 aliphatic heterocycles. The number of nitro groups is 1. The Morgan fingerprint density at radius 3 is 2.54 bits per heavy atom. The Balaban J connectivity index is 1.84. The molecule has 1 saturated heterocycles. The first-order valence-corrected chi connectivity index (χ1v) is 8.33. The molecule has 1 amide bonds. The van der Waals surface area contributed by atoms with Crippen molar-refractivity contribution in [2.24, 2.45) is 0 Å². The minimum Gasteiger partial charge on any atom is -0.466 e. The molecule has 1 heterocycles. The van der Waals surface area contributed by atoms with Crippen molar-refractivity contribution in [2.75, 3.05) is 19.7 Å². The zero-order valence-electron chi connectivity index (χ0n) is 14.5. The van der Waals surface area contributed by atoms with E-state index in [2.05, 4.69) is 0 Å². The molecular formula is C17H22N2O7. The Morgan fingerprint density at radius 2 is 1.96 bits per heavy atom. The number of likely N-dealkylation sites (tertiary alicyclic amines) is 1. The Morgan fingerprint density at radius 1 is 1.31 bits per heavy atom. The highest BCUT2D eigenvalue weighted by Gasteiger charge is 2.55. The van der Waals surface area contributed by atoms with Gasteiger partial charge in [0.05, 0.1) is 26.1 Å². The molecule has 1 aliphatic rings. The molecule has 9 nitrogen and oxygen atoms in total. The Labute approximate surface area is 150 Å². The van der Waals surface area contributed by atoms with Crippen LogP contribution in [-0.2, 0) is 20.9 Å². The number of benzene rings is 1. The van der Waals surface area contributed by atoms with Gasteiger partial charge in [-0.3, -0.25) is 14.9 Å². The lowest BCUT2D eigenvalue weighted by Crippen LogP contribution is -2.70. The molecule has 1 N–H and O–H groups in total. The van der Waals surface area contributed by atoms with Crippen LogP contribution in [-0.4, -0.2) is 58.3 Å². The summed E-state index contributed by atoms with van der Waals surface area (Å²) in [6, 6.07) is 7.73.